The zero-order valence-corrected chi connectivity index (χ0v) is 11.8. The summed E-state index contributed by atoms with van der Waals surface area (Å²) in [6.07, 6.45) is 5.37. The van der Waals surface area contributed by atoms with Crippen molar-refractivity contribution >= 4 is 17.7 Å². The molecular formula is C13H21N3OS. The number of amides is 1. The van der Waals surface area contributed by atoms with Gasteiger partial charge in [-0.25, -0.2) is 0 Å². The van der Waals surface area contributed by atoms with Crippen molar-refractivity contribution in [2.45, 2.75) is 32.4 Å². The van der Waals surface area contributed by atoms with E-state index < -0.39 is 6.04 Å². The molecule has 0 spiro atoms. The molecule has 0 bridgehead atoms. The standard InChI is InChI=1S/C13H21N3OS/c1-3-10-5-4-7-15-12(10)9-16-13(17)11(14)6-8-18-2/h4-5,7,11H,3,6,8-9,14H2,1-2H3,(H,16,17)/t11-/m0/s1. The minimum absolute atomic E-state index is 0.100. The van der Waals surface area contributed by atoms with Gasteiger partial charge in [-0.2, -0.15) is 11.8 Å². The van der Waals surface area contributed by atoms with Crippen LogP contribution in [0.5, 0.6) is 0 Å². The Morgan fingerprint density at radius 1 is 1.61 bits per heavy atom. The van der Waals surface area contributed by atoms with Crippen molar-refractivity contribution in [1.29, 1.82) is 0 Å². The minimum Gasteiger partial charge on any atom is -0.349 e. The summed E-state index contributed by atoms with van der Waals surface area (Å²) in [5.74, 6) is 0.801. The summed E-state index contributed by atoms with van der Waals surface area (Å²) >= 11 is 1.70. The highest BCUT2D eigenvalue weighted by Gasteiger charge is 2.13. The molecule has 4 nitrogen and oxygen atoms in total. The summed E-state index contributed by atoms with van der Waals surface area (Å²) in [7, 11) is 0. The average molecular weight is 267 g/mol. The van der Waals surface area contributed by atoms with Crippen molar-refractivity contribution in [3.8, 4) is 0 Å². The summed E-state index contributed by atoms with van der Waals surface area (Å²) in [5.41, 5.74) is 7.88. The van der Waals surface area contributed by atoms with Crippen molar-refractivity contribution in [3.63, 3.8) is 0 Å². The van der Waals surface area contributed by atoms with Gasteiger partial charge < -0.3 is 11.1 Å². The molecule has 1 rings (SSSR count). The van der Waals surface area contributed by atoms with Crippen molar-refractivity contribution in [2.75, 3.05) is 12.0 Å². The highest BCUT2D eigenvalue weighted by Crippen LogP contribution is 2.06. The number of aromatic nitrogens is 1. The largest absolute Gasteiger partial charge is 0.349 e. The lowest BCUT2D eigenvalue weighted by Gasteiger charge is -2.12. The van der Waals surface area contributed by atoms with Gasteiger partial charge in [0.1, 0.15) is 0 Å². The van der Waals surface area contributed by atoms with Gasteiger partial charge in [0, 0.05) is 6.20 Å². The second-order valence-corrected chi connectivity index (χ2v) is 5.05. The van der Waals surface area contributed by atoms with Gasteiger partial charge in [0.15, 0.2) is 0 Å². The van der Waals surface area contributed by atoms with Gasteiger partial charge in [-0.15, -0.1) is 0 Å². The van der Waals surface area contributed by atoms with Crippen molar-refractivity contribution in [2.24, 2.45) is 5.73 Å². The second-order valence-electron chi connectivity index (χ2n) is 4.07. The number of nitrogens with one attached hydrogen (secondary N) is 1. The maximum Gasteiger partial charge on any atom is 0.237 e. The Balaban J connectivity index is 2.46. The van der Waals surface area contributed by atoms with E-state index in [4.69, 9.17) is 5.73 Å². The van der Waals surface area contributed by atoms with E-state index in [2.05, 4.69) is 17.2 Å². The lowest BCUT2D eigenvalue weighted by atomic mass is 10.1. The first-order chi connectivity index (χ1) is 8.69. The van der Waals surface area contributed by atoms with Gasteiger partial charge in [-0.3, -0.25) is 9.78 Å². The third-order valence-electron chi connectivity index (χ3n) is 2.77. The molecule has 1 heterocycles. The van der Waals surface area contributed by atoms with Crippen LogP contribution in [0, 0.1) is 0 Å². The first kappa shape index (κ1) is 15.0. The molecular weight excluding hydrogens is 246 g/mol. The van der Waals surface area contributed by atoms with E-state index >= 15 is 0 Å². The molecule has 0 radical (unpaired) electrons. The number of thioether (sulfide) groups is 1. The fourth-order valence-corrected chi connectivity index (χ4v) is 2.12. The third-order valence-corrected chi connectivity index (χ3v) is 3.41. The number of aryl methyl sites for hydroxylation is 1. The number of hydrogen-bond acceptors (Lipinski definition) is 4. The van der Waals surface area contributed by atoms with Gasteiger partial charge >= 0.3 is 0 Å². The van der Waals surface area contributed by atoms with Crippen LogP contribution in [0.15, 0.2) is 18.3 Å². The number of carbonyl (C=O) groups excluding carboxylic acids is 1. The van der Waals surface area contributed by atoms with Gasteiger partial charge in [0.25, 0.3) is 0 Å². The topological polar surface area (TPSA) is 68.0 Å². The van der Waals surface area contributed by atoms with Crippen molar-refractivity contribution < 1.29 is 4.79 Å². The van der Waals surface area contributed by atoms with Gasteiger partial charge in [0.2, 0.25) is 5.91 Å². The van der Waals surface area contributed by atoms with Crippen LogP contribution in [0.4, 0.5) is 0 Å². The first-order valence-corrected chi connectivity index (χ1v) is 7.53. The van der Waals surface area contributed by atoms with E-state index in [1.54, 1.807) is 18.0 Å². The van der Waals surface area contributed by atoms with Crippen molar-refractivity contribution in [1.82, 2.24) is 10.3 Å². The summed E-state index contributed by atoms with van der Waals surface area (Å²) < 4.78 is 0. The summed E-state index contributed by atoms with van der Waals surface area (Å²) in [6.45, 7) is 2.53. The van der Waals surface area contributed by atoms with Crippen LogP contribution in [0.25, 0.3) is 0 Å². The van der Waals surface area contributed by atoms with Crippen LogP contribution >= 0.6 is 11.8 Å². The fourth-order valence-electron chi connectivity index (χ4n) is 1.63. The lowest BCUT2D eigenvalue weighted by Crippen LogP contribution is -2.40. The van der Waals surface area contributed by atoms with Gasteiger partial charge in [-0.1, -0.05) is 13.0 Å². The third kappa shape index (κ3) is 4.66. The van der Waals surface area contributed by atoms with E-state index in [1.807, 2.05) is 18.4 Å². The molecule has 0 aromatic carbocycles. The Kier molecular flexibility index (Phi) is 6.75. The molecule has 5 heteroatoms. The molecule has 100 valence electrons. The Labute approximate surface area is 113 Å². The summed E-state index contributed by atoms with van der Waals surface area (Å²) in [6, 6.07) is 3.52. The first-order valence-electron chi connectivity index (χ1n) is 6.14. The summed E-state index contributed by atoms with van der Waals surface area (Å²) in [5, 5.41) is 2.85. The zero-order chi connectivity index (χ0) is 13.4. The molecule has 0 unspecified atom stereocenters. The predicted octanol–water partition coefficient (Wildman–Crippen LogP) is 1.34. The zero-order valence-electron chi connectivity index (χ0n) is 11.0. The number of pyridine rings is 1. The lowest BCUT2D eigenvalue weighted by molar-refractivity contribution is -0.122. The number of nitrogens with two attached hydrogens (primary N) is 1. The average Bonchev–Trinajstić information content (AvgIpc) is 2.42. The maximum absolute atomic E-state index is 11.7. The molecule has 0 saturated heterocycles. The van der Waals surface area contributed by atoms with E-state index in [0.29, 0.717) is 13.0 Å². The van der Waals surface area contributed by atoms with Crippen LogP contribution in [-0.4, -0.2) is 28.9 Å². The monoisotopic (exact) mass is 267 g/mol. The number of nitrogens with zero attached hydrogens (tertiary/aromatic N) is 1. The molecule has 1 aromatic heterocycles. The van der Waals surface area contributed by atoms with Crippen LogP contribution in [0.1, 0.15) is 24.6 Å². The van der Waals surface area contributed by atoms with E-state index in [0.717, 1.165) is 23.4 Å². The van der Waals surface area contributed by atoms with Crippen LogP contribution in [-0.2, 0) is 17.8 Å². The molecule has 0 aliphatic carbocycles. The molecule has 18 heavy (non-hydrogen) atoms. The Hall–Kier alpha value is -1.07. The van der Waals surface area contributed by atoms with Gasteiger partial charge in [0.05, 0.1) is 18.3 Å². The molecule has 0 saturated carbocycles. The minimum atomic E-state index is -0.425. The number of hydrogen-bond donors (Lipinski definition) is 2. The molecule has 1 atom stereocenters. The van der Waals surface area contributed by atoms with Crippen molar-refractivity contribution in [3.05, 3.63) is 29.6 Å². The Bertz CT molecular complexity index is 384. The smallest absolute Gasteiger partial charge is 0.237 e. The number of carbonyl (C=O) groups is 1. The fraction of sp³-hybridized carbons (Fsp3) is 0.538. The summed E-state index contributed by atoms with van der Waals surface area (Å²) in [4.78, 5) is 16.0. The highest BCUT2D eigenvalue weighted by atomic mass is 32.2. The molecule has 0 aliphatic heterocycles. The van der Waals surface area contributed by atoms with E-state index in [9.17, 15) is 4.79 Å². The number of rotatable bonds is 7. The normalized spacial score (nSPS) is 12.2. The highest BCUT2D eigenvalue weighted by molar-refractivity contribution is 7.98. The maximum atomic E-state index is 11.7. The molecule has 3 N–H and O–H groups in total. The van der Waals surface area contributed by atoms with Crippen LogP contribution in [0.3, 0.4) is 0 Å². The van der Waals surface area contributed by atoms with Crippen LogP contribution < -0.4 is 11.1 Å². The van der Waals surface area contributed by atoms with Crippen LogP contribution in [0.2, 0.25) is 0 Å². The molecule has 1 amide bonds. The molecule has 0 aliphatic rings. The van der Waals surface area contributed by atoms with E-state index in [-0.39, 0.29) is 5.91 Å². The van der Waals surface area contributed by atoms with Gasteiger partial charge in [-0.05, 0) is 36.5 Å². The van der Waals surface area contributed by atoms with E-state index in [1.165, 1.54) is 0 Å². The predicted molar refractivity (Wildman–Crippen MR) is 76.4 cm³/mol. The SMILES string of the molecule is CCc1cccnc1CNC(=O)[C@@H](N)CCSC. The quantitative estimate of drug-likeness (QED) is 0.782. The Morgan fingerprint density at radius 3 is 3.06 bits per heavy atom. The Morgan fingerprint density at radius 2 is 2.39 bits per heavy atom. The second kappa shape index (κ2) is 8.11. The molecule has 0 fully saturated rings. The molecule has 1 aromatic rings.